The Labute approximate surface area is 113 Å². The van der Waals surface area contributed by atoms with Gasteiger partial charge in [0.25, 0.3) is 0 Å². The van der Waals surface area contributed by atoms with Gasteiger partial charge in [-0.15, -0.1) is 0 Å². The highest BCUT2D eigenvalue weighted by molar-refractivity contribution is 5.92. The molecule has 0 atom stereocenters. The smallest absolute Gasteiger partial charge is 0.227 e. The summed E-state index contributed by atoms with van der Waals surface area (Å²) >= 11 is 0. The van der Waals surface area contributed by atoms with E-state index in [2.05, 4.69) is 0 Å². The van der Waals surface area contributed by atoms with E-state index in [1.807, 2.05) is 54.6 Å². The molecule has 0 unspecified atom stereocenters. The fourth-order valence-corrected chi connectivity index (χ4v) is 1.96. The summed E-state index contributed by atoms with van der Waals surface area (Å²) in [6, 6.07) is 17.3. The van der Waals surface area contributed by atoms with Gasteiger partial charge in [0.1, 0.15) is 0 Å². The molecule has 0 aliphatic rings. The largest absolute Gasteiger partial charge is 0.399 e. The lowest BCUT2D eigenvalue weighted by molar-refractivity contribution is -0.118. The molecule has 2 aromatic carbocycles. The van der Waals surface area contributed by atoms with Crippen LogP contribution in [0.1, 0.15) is 12.0 Å². The van der Waals surface area contributed by atoms with Gasteiger partial charge in [-0.3, -0.25) is 4.79 Å². The highest BCUT2D eigenvalue weighted by atomic mass is 16.2. The third-order valence-electron chi connectivity index (χ3n) is 3.10. The molecule has 3 nitrogen and oxygen atoms in total. The number of benzene rings is 2. The number of hydrogen-bond acceptors (Lipinski definition) is 2. The lowest BCUT2D eigenvalue weighted by Gasteiger charge is -2.17. The minimum atomic E-state index is 0.105. The fourth-order valence-electron chi connectivity index (χ4n) is 1.96. The van der Waals surface area contributed by atoms with Gasteiger partial charge < -0.3 is 10.6 Å². The minimum absolute atomic E-state index is 0.105. The highest BCUT2D eigenvalue weighted by Crippen LogP contribution is 2.14. The molecule has 1 amide bonds. The summed E-state index contributed by atoms with van der Waals surface area (Å²) in [6.45, 7) is 0. The molecule has 2 aromatic rings. The first kappa shape index (κ1) is 13.1. The second kappa shape index (κ2) is 6.05. The molecular formula is C16H18N2O. The Morgan fingerprint density at radius 3 is 2.53 bits per heavy atom. The normalized spacial score (nSPS) is 10.2. The van der Waals surface area contributed by atoms with Gasteiger partial charge >= 0.3 is 0 Å². The number of anilines is 2. The van der Waals surface area contributed by atoms with Crippen LogP contribution in [0.25, 0.3) is 0 Å². The Kier molecular flexibility index (Phi) is 4.18. The summed E-state index contributed by atoms with van der Waals surface area (Å²) in [5.74, 6) is 0.105. The zero-order valence-electron chi connectivity index (χ0n) is 11.0. The van der Waals surface area contributed by atoms with Gasteiger partial charge in [0.15, 0.2) is 0 Å². The van der Waals surface area contributed by atoms with Crippen LogP contribution >= 0.6 is 0 Å². The summed E-state index contributed by atoms with van der Waals surface area (Å²) < 4.78 is 0. The maximum atomic E-state index is 12.1. The van der Waals surface area contributed by atoms with Crippen LogP contribution in [-0.2, 0) is 11.2 Å². The van der Waals surface area contributed by atoms with Gasteiger partial charge in [0, 0.05) is 24.8 Å². The third kappa shape index (κ3) is 3.58. The van der Waals surface area contributed by atoms with E-state index in [1.54, 1.807) is 11.9 Å². The van der Waals surface area contributed by atoms with E-state index in [4.69, 9.17) is 5.73 Å². The molecule has 0 radical (unpaired) electrons. The number of rotatable bonds is 4. The molecule has 0 saturated carbocycles. The first-order chi connectivity index (χ1) is 9.16. The molecule has 2 rings (SSSR count). The zero-order valence-corrected chi connectivity index (χ0v) is 11.0. The second-order valence-electron chi connectivity index (χ2n) is 4.53. The molecule has 0 saturated heterocycles. The molecule has 0 aromatic heterocycles. The summed E-state index contributed by atoms with van der Waals surface area (Å²) in [6.07, 6.45) is 1.19. The van der Waals surface area contributed by atoms with Crippen LogP contribution in [-0.4, -0.2) is 13.0 Å². The third-order valence-corrected chi connectivity index (χ3v) is 3.10. The van der Waals surface area contributed by atoms with Crippen LogP contribution in [0.2, 0.25) is 0 Å². The van der Waals surface area contributed by atoms with Crippen LogP contribution < -0.4 is 10.6 Å². The Morgan fingerprint density at radius 2 is 1.84 bits per heavy atom. The van der Waals surface area contributed by atoms with Crippen LogP contribution in [0, 0.1) is 0 Å². The minimum Gasteiger partial charge on any atom is -0.399 e. The van der Waals surface area contributed by atoms with Crippen molar-refractivity contribution in [3.05, 3.63) is 60.2 Å². The quantitative estimate of drug-likeness (QED) is 0.853. The Bertz CT molecular complexity index is 552. The monoisotopic (exact) mass is 254 g/mol. The van der Waals surface area contributed by atoms with Crippen LogP contribution in [0.5, 0.6) is 0 Å². The number of carbonyl (C=O) groups is 1. The van der Waals surface area contributed by atoms with E-state index in [0.29, 0.717) is 12.8 Å². The molecule has 0 spiro atoms. The first-order valence-corrected chi connectivity index (χ1v) is 6.33. The number of amides is 1. The predicted octanol–water partition coefficient (Wildman–Crippen LogP) is 2.86. The van der Waals surface area contributed by atoms with Crippen molar-refractivity contribution < 1.29 is 4.79 Å². The number of aryl methyl sites for hydroxylation is 1. The Morgan fingerprint density at radius 1 is 1.11 bits per heavy atom. The Hall–Kier alpha value is -2.29. The van der Waals surface area contributed by atoms with E-state index in [-0.39, 0.29) is 5.91 Å². The molecule has 0 fully saturated rings. The fraction of sp³-hybridized carbons (Fsp3) is 0.188. The second-order valence-corrected chi connectivity index (χ2v) is 4.53. The maximum absolute atomic E-state index is 12.1. The van der Waals surface area contributed by atoms with E-state index < -0.39 is 0 Å². The first-order valence-electron chi connectivity index (χ1n) is 6.33. The Balaban J connectivity index is 1.95. The standard InChI is InChI=1S/C16H18N2O/c1-18(15-8-3-2-4-9-15)16(19)11-10-13-6-5-7-14(17)12-13/h2-9,12H,10-11,17H2,1H3. The summed E-state index contributed by atoms with van der Waals surface area (Å²) in [7, 11) is 1.80. The number of nitrogen functional groups attached to an aromatic ring is 1. The molecule has 98 valence electrons. The number of hydrogen-bond donors (Lipinski definition) is 1. The molecule has 3 heteroatoms. The zero-order chi connectivity index (χ0) is 13.7. The van der Waals surface area contributed by atoms with Crippen molar-refractivity contribution in [3.63, 3.8) is 0 Å². The van der Waals surface area contributed by atoms with E-state index in [0.717, 1.165) is 16.9 Å². The van der Waals surface area contributed by atoms with Crippen molar-refractivity contribution in [2.75, 3.05) is 17.7 Å². The summed E-state index contributed by atoms with van der Waals surface area (Å²) in [5, 5.41) is 0. The highest BCUT2D eigenvalue weighted by Gasteiger charge is 2.10. The lowest BCUT2D eigenvalue weighted by Crippen LogP contribution is -2.26. The van der Waals surface area contributed by atoms with Crippen molar-refractivity contribution in [3.8, 4) is 0 Å². The van der Waals surface area contributed by atoms with E-state index in [1.165, 1.54) is 0 Å². The van der Waals surface area contributed by atoms with Gasteiger partial charge in [-0.25, -0.2) is 0 Å². The molecule has 0 bridgehead atoms. The predicted molar refractivity (Wildman–Crippen MR) is 79.0 cm³/mol. The van der Waals surface area contributed by atoms with Gasteiger partial charge in [-0.05, 0) is 36.2 Å². The molecule has 2 N–H and O–H groups in total. The van der Waals surface area contributed by atoms with Gasteiger partial charge in [-0.2, -0.15) is 0 Å². The maximum Gasteiger partial charge on any atom is 0.227 e. The van der Waals surface area contributed by atoms with Crippen molar-refractivity contribution >= 4 is 17.3 Å². The average Bonchev–Trinajstić information content (AvgIpc) is 2.45. The van der Waals surface area contributed by atoms with Crippen LogP contribution in [0.4, 0.5) is 11.4 Å². The van der Waals surface area contributed by atoms with E-state index >= 15 is 0 Å². The van der Waals surface area contributed by atoms with Crippen molar-refractivity contribution in [1.82, 2.24) is 0 Å². The number of para-hydroxylation sites is 1. The van der Waals surface area contributed by atoms with Crippen LogP contribution in [0.3, 0.4) is 0 Å². The van der Waals surface area contributed by atoms with Crippen molar-refractivity contribution in [1.29, 1.82) is 0 Å². The van der Waals surface area contributed by atoms with Crippen LogP contribution in [0.15, 0.2) is 54.6 Å². The number of carbonyl (C=O) groups excluding carboxylic acids is 1. The lowest BCUT2D eigenvalue weighted by atomic mass is 10.1. The molecule has 19 heavy (non-hydrogen) atoms. The van der Waals surface area contributed by atoms with Gasteiger partial charge in [-0.1, -0.05) is 30.3 Å². The molecule has 0 heterocycles. The summed E-state index contributed by atoms with van der Waals surface area (Å²) in [4.78, 5) is 13.8. The molecular weight excluding hydrogens is 236 g/mol. The molecule has 0 aliphatic carbocycles. The topological polar surface area (TPSA) is 46.3 Å². The van der Waals surface area contributed by atoms with Gasteiger partial charge in [0.05, 0.1) is 0 Å². The number of nitrogens with zero attached hydrogens (tertiary/aromatic N) is 1. The average molecular weight is 254 g/mol. The SMILES string of the molecule is CN(C(=O)CCc1cccc(N)c1)c1ccccc1. The molecule has 0 aliphatic heterocycles. The van der Waals surface area contributed by atoms with Gasteiger partial charge in [0.2, 0.25) is 5.91 Å². The van der Waals surface area contributed by atoms with E-state index in [9.17, 15) is 4.79 Å². The van der Waals surface area contributed by atoms with Crippen molar-refractivity contribution in [2.24, 2.45) is 0 Å². The summed E-state index contributed by atoms with van der Waals surface area (Å²) in [5.41, 5.74) is 8.47. The van der Waals surface area contributed by atoms with Crippen molar-refractivity contribution in [2.45, 2.75) is 12.8 Å². The number of nitrogens with two attached hydrogens (primary N) is 1.